The Labute approximate surface area is 221 Å². The summed E-state index contributed by atoms with van der Waals surface area (Å²) >= 11 is 0. The minimum absolute atomic E-state index is 0.235. The van der Waals surface area contributed by atoms with E-state index in [1.807, 2.05) is 0 Å². The second kappa shape index (κ2) is 31.8. The summed E-state index contributed by atoms with van der Waals surface area (Å²) in [6.07, 6.45) is 7.60. The van der Waals surface area contributed by atoms with Gasteiger partial charge in [-0.2, -0.15) is 0 Å². The molecule has 0 radical (unpaired) electrons. The quantitative estimate of drug-likeness (QED) is 0.147. The zero-order valence-corrected chi connectivity index (χ0v) is 25.8. The summed E-state index contributed by atoms with van der Waals surface area (Å²) in [5, 5.41) is 0. The summed E-state index contributed by atoms with van der Waals surface area (Å²) in [5.41, 5.74) is 0. The lowest BCUT2D eigenvalue weighted by atomic mass is 10.2. The van der Waals surface area contributed by atoms with Crippen molar-refractivity contribution in [1.29, 1.82) is 0 Å². The van der Waals surface area contributed by atoms with E-state index in [1.165, 1.54) is 25.7 Å². The molecule has 0 N–H and O–H groups in total. The van der Waals surface area contributed by atoms with Crippen LogP contribution in [0.1, 0.15) is 115 Å². The van der Waals surface area contributed by atoms with E-state index in [0.29, 0.717) is 17.8 Å². The Bertz CT molecular complexity index is 335. The first-order valence-corrected chi connectivity index (χ1v) is 14.6. The Balaban J connectivity index is -0.000000448. The Kier molecular flexibility index (Phi) is 35.8. The topological polar surface area (TPSA) is 46.2 Å². The highest BCUT2D eigenvalue weighted by Gasteiger charge is 2.04. The van der Waals surface area contributed by atoms with E-state index in [-0.39, 0.29) is 12.2 Å². The minimum atomic E-state index is 0.235. The summed E-state index contributed by atoms with van der Waals surface area (Å²) in [4.78, 5) is 0. The molecule has 0 spiro atoms. The van der Waals surface area contributed by atoms with Gasteiger partial charge in [0, 0.05) is 39.6 Å². The Morgan fingerprint density at radius 3 is 0.943 bits per heavy atom. The van der Waals surface area contributed by atoms with Crippen LogP contribution < -0.4 is 0 Å². The first kappa shape index (κ1) is 39.3. The van der Waals surface area contributed by atoms with E-state index in [9.17, 15) is 0 Å². The molecule has 0 fully saturated rings. The monoisotopic (exact) mass is 506 g/mol. The molecule has 0 aromatic rings. The van der Waals surface area contributed by atoms with Crippen molar-refractivity contribution >= 4 is 0 Å². The average Bonchev–Trinajstić information content (AvgIpc) is 2.80. The summed E-state index contributed by atoms with van der Waals surface area (Å²) in [7, 11) is 0. The fraction of sp³-hybridized carbons (Fsp3) is 1.00. The van der Waals surface area contributed by atoms with Crippen LogP contribution in [0.15, 0.2) is 0 Å². The SMILES string of the molecule is CCCCOCC(C)C.CCCCOCC(C)OCC(C)C.CCCCOCC(C)OCC(C)C. The van der Waals surface area contributed by atoms with Crippen LogP contribution in [0.2, 0.25) is 0 Å². The fourth-order valence-electron chi connectivity index (χ4n) is 2.37. The maximum Gasteiger partial charge on any atom is 0.0780 e. The van der Waals surface area contributed by atoms with Crippen molar-refractivity contribution in [2.45, 2.75) is 127 Å². The van der Waals surface area contributed by atoms with Gasteiger partial charge in [0.15, 0.2) is 0 Å². The molecule has 216 valence electrons. The van der Waals surface area contributed by atoms with Gasteiger partial charge in [-0.15, -0.1) is 0 Å². The molecule has 0 aromatic carbocycles. The molecular weight excluding hydrogens is 440 g/mol. The maximum atomic E-state index is 5.56. The molecule has 5 nitrogen and oxygen atoms in total. The van der Waals surface area contributed by atoms with Crippen LogP contribution in [0.5, 0.6) is 0 Å². The molecular formula is C30H66O5. The van der Waals surface area contributed by atoms with Gasteiger partial charge in [-0.05, 0) is 50.9 Å². The van der Waals surface area contributed by atoms with Gasteiger partial charge in [0.2, 0.25) is 0 Å². The Hall–Kier alpha value is -0.200. The third-order valence-electron chi connectivity index (χ3n) is 4.51. The van der Waals surface area contributed by atoms with E-state index in [0.717, 1.165) is 65.7 Å². The number of unbranched alkanes of at least 4 members (excludes halogenated alkanes) is 3. The highest BCUT2D eigenvalue weighted by atomic mass is 16.5. The molecule has 0 aromatic heterocycles. The molecule has 0 bridgehead atoms. The van der Waals surface area contributed by atoms with Crippen molar-refractivity contribution in [3.63, 3.8) is 0 Å². The van der Waals surface area contributed by atoms with E-state index in [1.54, 1.807) is 0 Å². The van der Waals surface area contributed by atoms with Crippen molar-refractivity contribution in [3.05, 3.63) is 0 Å². The second-order valence-electron chi connectivity index (χ2n) is 10.8. The molecule has 2 atom stereocenters. The third-order valence-corrected chi connectivity index (χ3v) is 4.51. The standard InChI is InChI=1S/2C11H24O2.C8H18O/c2*1-5-6-7-12-9-11(4)13-8-10(2)3;1-4-5-6-9-7-8(2)3/h2*10-11H,5-9H2,1-4H3;8H,4-7H2,1-3H3. The summed E-state index contributed by atoms with van der Waals surface area (Å²) < 4.78 is 27.3. The second-order valence-corrected chi connectivity index (χ2v) is 10.8. The van der Waals surface area contributed by atoms with Crippen LogP contribution in [0.4, 0.5) is 0 Å². The van der Waals surface area contributed by atoms with Crippen LogP contribution in [0, 0.1) is 17.8 Å². The van der Waals surface area contributed by atoms with Crippen molar-refractivity contribution in [2.24, 2.45) is 17.8 Å². The summed E-state index contributed by atoms with van der Waals surface area (Å²) in [6, 6.07) is 0. The Morgan fingerprint density at radius 2 is 0.686 bits per heavy atom. The molecule has 35 heavy (non-hydrogen) atoms. The van der Waals surface area contributed by atoms with Crippen LogP contribution in [-0.4, -0.2) is 65.1 Å². The predicted octanol–water partition coefficient (Wildman–Crippen LogP) is 8.19. The van der Waals surface area contributed by atoms with Crippen LogP contribution in [0.3, 0.4) is 0 Å². The first-order chi connectivity index (χ1) is 16.6. The molecule has 0 aliphatic rings. The average molecular weight is 507 g/mol. The van der Waals surface area contributed by atoms with Crippen molar-refractivity contribution in [3.8, 4) is 0 Å². The van der Waals surface area contributed by atoms with Gasteiger partial charge in [-0.3, -0.25) is 0 Å². The molecule has 0 amide bonds. The van der Waals surface area contributed by atoms with Crippen LogP contribution in [-0.2, 0) is 23.7 Å². The van der Waals surface area contributed by atoms with Crippen molar-refractivity contribution in [1.82, 2.24) is 0 Å². The van der Waals surface area contributed by atoms with Gasteiger partial charge in [0.1, 0.15) is 0 Å². The van der Waals surface area contributed by atoms with E-state index in [2.05, 4.69) is 76.2 Å². The van der Waals surface area contributed by atoms with Crippen molar-refractivity contribution in [2.75, 3.05) is 52.9 Å². The Morgan fingerprint density at radius 1 is 0.400 bits per heavy atom. The zero-order chi connectivity index (χ0) is 27.3. The lowest BCUT2D eigenvalue weighted by Crippen LogP contribution is -2.18. The van der Waals surface area contributed by atoms with Gasteiger partial charge in [-0.1, -0.05) is 81.6 Å². The third kappa shape index (κ3) is 44.2. The van der Waals surface area contributed by atoms with E-state index in [4.69, 9.17) is 23.7 Å². The summed E-state index contributed by atoms with van der Waals surface area (Å²) in [6.45, 7) is 30.3. The molecule has 5 heteroatoms. The number of hydrogen-bond donors (Lipinski definition) is 0. The summed E-state index contributed by atoms with van der Waals surface area (Å²) in [5.74, 6) is 1.90. The molecule has 0 aliphatic heterocycles. The lowest BCUT2D eigenvalue weighted by molar-refractivity contribution is -0.0165. The first-order valence-electron chi connectivity index (χ1n) is 14.6. The van der Waals surface area contributed by atoms with Gasteiger partial charge in [0.05, 0.1) is 25.4 Å². The highest BCUT2D eigenvalue weighted by molar-refractivity contribution is 4.50. The van der Waals surface area contributed by atoms with Gasteiger partial charge in [0.25, 0.3) is 0 Å². The molecule has 0 heterocycles. The molecule has 0 saturated heterocycles. The maximum absolute atomic E-state index is 5.56. The fourth-order valence-corrected chi connectivity index (χ4v) is 2.37. The molecule has 0 aliphatic carbocycles. The zero-order valence-electron chi connectivity index (χ0n) is 25.8. The highest BCUT2D eigenvalue weighted by Crippen LogP contribution is 2.00. The smallest absolute Gasteiger partial charge is 0.0780 e. The van der Waals surface area contributed by atoms with Crippen molar-refractivity contribution < 1.29 is 23.7 Å². The predicted molar refractivity (Wildman–Crippen MR) is 153 cm³/mol. The van der Waals surface area contributed by atoms with Gasteiger partial charge < -0.3 is 23.7 Å². The van der Waals surface area contributed by atoms with E-state index < -0.39 is 0 Å². The van der Waals surface area contributed by atoms with Gasteiger partial charge in [-0.25, -0.2) is 0 Å². The molecule has 0 rings (SSSR count). The number of rotatable bonds is 21. The largest absolute Gasteiger partial charge is 0.381 e. The number of hydrogen-bond acceptors (Lipinski definition) is 5. The number of ether oxygens (including phenoxy) is 5. The normalized spacial score (nSPS) is 12.9. The van der Waals surface area contributed by atoms with Crippen LogP contribution >= 0.6 is 0 Å². The van der Waals surface area contributed by atoms with Gasteiger partial charge >= 0.3 is 0 Å². The minimum Gasteiger partial charge on any atom is -0.381 e. The van der Waals surface area contributed by atoms with E-state index >= 15 is 0 Å². The molecule has 0 saturated carbocycles. The molecule has 2 unspecified atom stereocenters. The lowest BCUT2D eigenvalue weighted by Gasteiger charge is -2.14. The van der Waals surface area contributed by atoms with Crippen LogP contribution in [0.25, 0.3) is 0 Å².